The lowest BCUT2D eigenvalue weighted by Crippen LogP contribution is -2.42. The number of fused-ring (bicyclic) bond motifs is 1. The second-order valence-electron chi connectivity index (χ2n) is 7.71. The third-order valence-electron chi connectivity index (χ3n) is 5.64. The zero-order valence-electron chi connectivity index (χ0n) is 18.6. The van der Waals surface area contributed by atoms with Crippen LogP contribution in [0, 0.1) is 0 Å². The Morgan fingerprint density at radius 1 is 1.24 bits per heavy atom. The van der Waals surface area contributed by atoms with E-state index in [4.69, 9.17) is 25.8 Å². The summed E-state index contributed by atoms with van der Waals surface area (Å²) in [7, 11) is 1.55. The van der Waals surface area contributed by atoms with Gasteiger partial charge in [0.2, 0.25) is 5.91 Å². The molecule has 1 atom stereocenters. The number of allylic oxidation sites excluding steroid dienone is 1. The fourth-order valence-electron chi connectivity index (χ4n) is 4.00. The number of rotatable bonds is 7. The van der Waals surface area contributed by atoms with Gasteiger partial charge in [0.05, 0.1) is 43.6 Å². The Labute approximate surface area is 202 Å². The molecule has 1 fully saturated rings. The van der Waals surface area contributed by atoms with E-state index in [0.717, 1.165) is 11.3 Å². The van der Waals surface area contributed by atoms with Gasteiger partial charge in [-0.15, -0.1) is 0 Å². The first-order chi connectivity index (χ1) is 16.0. The standard InChI is InChI=1S/C23H26ClN3O5S/c1-15-20(22(29)32-12-11-30-2)21(17-5-3-4-6-18(17)24)27-16(14-33-23(27)25-15)13-19(28)26-7-9-31-10-8-26/h3-6,14,21H,7-13H2,1-2H3/t21-/m1/s1. The first-order valence-corrected chi connectivity index (χ1v) is 12.0. The summed E-state index contributed by atoms with van der Waals surface area (Å²) in [5.41, 5.74) is 2.48. The van der Waals surface area contributed by atoms with Crippen molar-refractivity contribution in [1.29, 1.82) is 0 Å². The quantitative estimate of drug-likeness (QED) is 0.427. The SMILES string of the molecule is COCCOC(=O)C1=C(C)N=C2SC=C(CC(=O)N3CCOCC3)N2[C@@H]1c1ccccc1Cl. The van der Waals surface area contributed by atoms with E-state index in [1.165, 1.54) is 11.8 Å². The van der Waals surface area contributed by atoms with Crippen molar-refractivity contribution in [3.63, 3.8) is 0 Å². The Balaban J connectivity index is 1.67. The number of aliphatic imine (C=N–C) groups is 1. The van der Waals surface area contributed by atoms with Crippen LogP contribution in [-0.2, 0) is 23.8 Å². The van der Waals surface area contributed by atoms with Crippen molar-refractivity contribution in [2.75, 3.05) is 46.6 Å². The third-order valence-corrected chi connectivity index (χ3v) is 6.87. The third kappa shape index (κ3) is 5.11. The first kappa shape index (κ1) is 23.8. The molecule has 0 aromatic heterocycles. The van der Waals surface area contributed by atoms with Crippen LogP contribution in [0.2, 0.25) is 5.02 Å². The molecule has 0 N–H and O–H groups in total. The predicted octanol–water partition coefficient (Wildman–Crippen LogP) is 3.35. The molecule has 0 bridgehead atoms. The topological polar surface area (TPSA) is 80.7 Å². The summed E-state index contributed by atoms with van der Waals surface area (Å²) >= 11 is 8.03. The minimum absolute atomic E-state index is 0.0137. The van der Waals surface area contributed by atoms with E-state index in [0.29, 0.717) is 54.4 Å². The number of nitrogens with zero attached hydrogens (tertiary/aromatic N) is 3. The molecule has 33 heavy (non-hydrogen) atoms. The van der Waals surface area contributed by atoms with Crippen molar-refractivity contribution >= 4 is 40.4 Å². The van der Waals surface area contributed by atoms with Gasteiger partial charge in [-0.3, -0.25) is 4.79 Å². The van der Waals surface area contributed by atoms with Gasteiger partial charge >= 0.3 is 5.97 Å². The molecule has 0 spiro atoms. The number of carbonyl (C=O) groups is 2. The Kier molecular flexibility index (Phi) is 7.75. The van der Waals surface area contributed by atoms with Crippen molar-refractivity contribution in [3.05, 3.63) is 57.2 Å². The molecule has 1 saturated heterocycles. The molecule has 1 amide bonds. The van der Waals surface area contributed by atoms with Gasteiger partial charge in [-0.1, -0.05) is 41.6 Å². The molecule has 3 aliphatic heterocycles. The van der Waals surface area contributed by atoms with Gasteiger partial charge in [-0.2, -0.15) is 0 Å². The van der Waals surface area contributed by atoms with Gasteiger partial charge in [-0.05, 0) is 24.0 Å². The van der Waals surface area contributed by atoms with E-state index in [2.05, 4.69) is 4.99 Å². The van der Waals surface area contributed by atoms with E-state index in [1.807, 2.05) is 28.5 Å². The summed E-state index contributed by atoms with van der Waals surface area (Å²) < 4.78 is 15.8. The zero-order chi connectivity index (χ0) is 23.4. The maximum Gasteiger partial charge on any atom is 0.338 e. The van der Waals surface area contributed by atoms with Crippen molar-refractivity contribution in [2.45, 2.75) is 19.4 Å². The Morgan fingerprint density at radius 2 is 2.00 bits per heavy atom. The Hall–Kier alpha value is -2.33. The van der Waals surface area contributed by atoms with E-state index >= 15 is 0 Å². The number of esters is 1. The number of methoxy groups -OCH3 is 1. The van der Waals surface area contributed by atoms with Crippen LogP contribution in [-0.4, -0.2) is 73.5 Å². The normalized spacial score (nSPS) is 20.4. The van der Waals surface area contributed by atoms with Crippen molar-refractivity contribution < 1.29 is 23.8 Å². The number of ether oxygens (including phenoxy) is 3. The monoisotopic (exact) mass is 491 g/mol. The van der Waals surface area contributed by atoms with Crippen LogP contribution >= 0.6 is 23.4 Å². The van der Waals surface area contributed by atoms with Crippen molar-refractivity contribution in [3.8, 4) is 0 Å². The summed E-state index contributed by atoms with van der Waals surface area (Å²) in [6.45, 7) is 4.44. The van der Waals surface area contributed by atoms with Gasteiger partial charge in [0.1, 0.15) is 6.61 Å². The summed E-state index contributed by atoms with van der Waals surface area (Å²) in [4.78, 5) is 34.6. The fourth-order valence-corrected chi connectivity index (χ4v) is 5.20. The highest BCUT2D eigenvalue weighted by Crippen LogP contribution is 2.46. The van der Waals surface area contributed by atoms with Gasteiger partial charge in [0.15, 0.2) is 5.17 Å². The molecule has 4 rings (SSSR count). The number of thioether (sulfide) groups is 1. The largest absolute Gasteiger partial charge is 0.460 e. The maximum atomic E-state index is 13.2. The second-order valence-corrected chi connectivity index (χ2v) is 8.96. The predicted molar refractivity (Wildman–Crippen MR) is 127 cm³/mol. The summed E-state index contributed by atoms with van der Waals surface area (Å²) in [5.74, 6) is -0.465. The van der Waals surface area contributed by atoms with E-state index in [1.54, 1.807) is 25.0 Å². The number of carbonyl (C=O) groups excluding carboxylic acids is 2. The van der Waals surface area contributed by atoms with E-state index in [9.17, 15) is 9.59 Å². The molecule has 10 heteroatoms. The molecule has 0 aliphatic carbocycles. The van der Waals surface area contributed by atoms with Crippen LogP contribution in [0.4, 0.5) is 0 Å². The molecule has 3 aliphatic rings. The van der Waals surface area contributed by atoms with Gasteiger partial charge in [0, 0.05) is 30.9 Å². The van der Waals surface area contributed by atoms with Crippen LogP contribution in [0.5, 0.6) is 0 Å². The molecule has 0 radical (unpaired) electrons. The molecule has 176 valence electrons. The first-order valence-electron chi connectivity index (χ1n) is 10.7. The van der Waals surface area contributed by atoms with Crippen LogP contribution in [0.1, 0.15) is 24.9 Å². The number of benzene rings is 1. The van der Waals surface area contributed by atoms with E-state index in [-0.39, 0.29) is 18.9 Å². The number of hydrogen-bond acceptors (Lipinski definition) is 8. The maximum absolute atomic E-state index is 13.2. The number of amides is 1. The van der Waals surface area contributed by atoms with Gasteiger partial charge in [0.25, 0.3) is 0 Å². The van der Waals surface area contributed by atoms with Gasteiger partial charge < -0.3 is 24.0 Å². The highest BCUT2D eigenvalue weighted by molar-refractivity contribution is 8.16. The molecule has 1 aromatic carbocycles. The fraction of sp³-hybridized carbons (Fsp3) is 0.435. The molecule has 0 unspecified atom stereocenters. The van der Waals surface area contributed by atoms with Crippen molar-refractivity contribution in [2.24, 2.45) is 4.99 Å². The number of hydrogen-bond donors (Lipinski definition) is 0. The summed E-state index contributed by atoms with van der Waals surface area (Å²) in [6, 6.07) is 6.84. The average Bonchev–Trinajstić information content (AvgIpc) is 3.21. The number of amidine groups is 1. The van der Waals surface area contributed by atoms with Crippen LogP contribution in [0.3, 0.4) is 0 Å². The zero-order valence-corrected chi connectivity index (χ0v) is 20.2. The molecule has 3 heterocycles. The highest BCUT2D eigenvalue weighted by atomic mass is 35.5. The van der Waals surface area contributed by atoms with Gasteiger partial charge in [-0.25, -0.2) is 9.79 Å². The minimum Gasteiger partial charge on any atom is -0.460 e. The summed E-state index contributed by atoms with van der Waals surface area (Å²) in [6.07, 6.45) is 0.192. The highest BCUT2D eigenvalue weighted by Gasteiger charge is 2.42. The average molecular weight is 492 g/mol. The van der Waals surface area contributed by atoms with Crippen LogP contribution in [0.15, 0.2) is 51.6 Å². The molecule has 0 saturated carbocycles. The number of morpholine rings is 1. The second kappa shape index (κ2) is 10.7. The molecule has 1 aromatic rings. The van der Waals surface area contributed by atoms with E-state index < -0.39 is 12.0 Å². The summed E-state index contributed by atoms with van der Waals surface area (Å²) in [5, 5.41) is 3.15. The Morgan fingerprint density at radius 3 is 2.73 bits per heavy atom. The lowest BCUT2D eigenvalue weighted by Gasteiger charge is -2.37. The number of halogens is 1. The molecular weight excluding hydrogens is 466 g/mol. The van der Waals surface area contributed by atoms with Crippen LogP contribution in [0.25, 0.3) is 0 Å². The molecule has 8 nitrogen and oxygen atoms in total. The molecular formula is C23H26ClN3O5S. The van der Waals surface area contributed by atoms with Crippen molar-refractivity contribution in [1.82, 2.24) is 9.80 Å². The van der Waals surface area contributed by atoms with Crippen LogP contribution < -0.4 is 0 Å². The Bertz CT molecular complexity index is 1020. The lowest BCUT2D eigenvalue weighted by molar-refractivity contribution is -0.141. The smallest absolute Gasteiger partial charge is 0.338 e. The minimum atomic E-state index is -0.556. The lowest BCUT2D eigenvalue weighted by atomic mass is 9.93.